The number of carbonyl (C=O) groups is 1. The van der Waals surface area contributed by atoms with E-state index in [2.05, 4.69) is 35.2 Å². The molecule has 23 heavy (non-hydrogen) atoms. The lowest BCUT2D eigenvalue weighted by molar-refractivity contribution is 0.0961. The van der Waals surface area contributed by atoms with Gasteiger partial charge in [0.25, 0.3) is 0 Å². The van der Waals surface area contributed by atoms with Crippen molar-refractivity contribution in [2.45, 2.75) is 38.1 Å². The minimum absolute atomic E-state index is 0.263. The van der Waals surface area contributed by atoms with Crippen molar-refractivity contribution in [3.8, 4) is 0 Å². The summed E-state index contributed by atoms with van der Waals surface area (Å²) in [4.78, 5) is 14.8. The second kappa shape index (κ2) is 8.07. The van der Waals surface area contributed by atoms with Crippen LogP contribution in [0.2, 0.25) is 0 Å². The highest BCUT2D eigenvalue weighted by atomic mass is 16.1. The monoisotopic (exact) mass is 307 g/mol. The SMILES string of the molecule is O=C(CCCN1CCCCC1c1ccccc1)c1ccccc1. The third-order valence-corrected chi connectivity index (χ3v) is 4.74. The molecular formula is C21H25NO. The summed E-state index contributed by atoms with van der Waals surface area (Å²) in [6.45, 7) is 2.16. The van der Waals surface area contributed by atoms with Gasteiger partial charge in [0.1, 0.15) is 0 Å². The largest absolute Gasteiger partial charge is 0.296 e. The third kappa shape index (κ3) is 4.29. The van der Waals surface area contributed by atoms with Gasteiger partial charge in [0, 0.05) is 18.0 Å². The highest BCUT2D eigenvalue weighted by Gasteiger charge is 2.23. The molecule has 0 saturated carbocycles. The van der Waals surface area contributed by atoms with Crippen molar-refractivity contribution in [2.24, 2.45) is 0 Å². The van der Waals surface area contributed by atoms with Crippen molar-refractivity contribution in [1.82, 2.24) is 4.90 Å². The van der Waals surface area contributed by atoms with E-state index in [1.807, 2.05) is 30.3 Å². The quantitative estimate of drug-likeness (QED) is 0.709. The van der Waals surface area contributed by atoms with Gasteiger partial charge in [-0.3, -0.25) is 9.69 Å². The Morgan fingerprint density at radius 2 is 1.65 bits per heavy atom. The molecule has 1 atom stereocenters. The molecule has 120 valence electrons. The number of hydrogen-bond acceptors (Lipinski definition) is 2. The van der Waals surface area contributed by atoms with Crippen LogP contribution in [0.3, 0.4) is 0 Å². The number of piperidine rings is 1. The summed E-state index contributed by atoms with van der Waals surface area (Å²) >= 11 is 0. The highest BCUT2D eigenvalue weighted by Crippen LogP contribution is 2.30. The van der Waals surface area contributed by atoms with Gasteiger partial charge in [-0.05, 0) is 37.9 Å². The fourth-order valence-electron chi connectivity index (χ4n) is 3.52. The molecule has 0 radical (unpaired) electrons. The van der Waals surface area contributed by atoms with E-state index in [-0.39, 0.29) is 5.78 Å². The molecule has 0 amide bonds. The first kappa shape index (κ1) is 15.9. The van der Waals surface area contributed by atoms with Gasteiger partial charge >= 0.3 is 0 Å². The molecule has 1 saturated heterocycles. The molecule has 0 N–H and O–H groups in total. The second-order valence-corrected chi connectivity index (χ2v) is 6.35. The van der Waals surface area contributed by atoms with Crippen LogP contribution in [0.25, 0.3) is 0 Å². The van der Waals surface area contributed by atoms with Gasteiger partial charge < -0.3 is 0 Å². The van der Waals surface area contributed by atoms with Gasteiger partial charge in [0.2, 0.25) is 0 Å². The molecule has 3 rings (SSSR count). The minimum atomic E-state index is 0.263. The maximum absolute atomic E-state index is 12.2. The van der Waals surface area contributed by atoms with Crippen molar-refractivity contribution in [1.29, 1.82) is 0 Å². The maximum atomic E-state index is 12.2. The van der Waals surface area contributed by atoms with E-state index in [0.29, 0.717) is 12.5 Å². The number of carbonyl (C=O) groups excluding carboxylic acids is 1. The normalized spacial score (nSPS) is 18.7. The summed E-state index contributed by atoms with van der Waals surface area (Å²) in [5.41, 5.74) is 2.26. The molecule has 2 heteroatoms. The zero-order valence-electron chi connectivity index (χ0n) is 13.7. The fourth-order valence-corrected chi connectivity index (χ4v) is 3.52. The van der Waals surface area contributed by atoms with E-state index in [9.17, 15) is 4.79 Å². The molecule has 1 aliphatic heterocycles. The summed E-state index contributed by atoms with van der Waals surface area (Å²) in [7, 11) is 0. The average Bonchev–Trinajstić information content (AvgIpc) is 2.63. The number of nitrogens with zero attached hydrogens (tertiary/aromatic N) is 1. The number of rotatable bonds is 6. The summed E-state index contributed by atoms with van der Waals surface area (Å²) in [5, 5.41) is 0. The topological polar surface area (TPSA) is 20.3 Å². The lowest BCUT2D eigenvalue weighted by Gasteiger charge is -2.36. The summed E-state index contributed by atoms with van der Waals surface area (Å²) in [6, 6.07) is 21.0. The molecule has 2 aromatic rings. The maximum Gasteiger partial charge on any atom is 0.162 e. The minimum Gasteiger partial charge on any atom is -0.296 e. The Morgan fingerprint density at radius 1 is 0.957 bits per heavy atom. The van der Waals surface area contributed by atoms with E-state index >= 15 is 0 Å². The molecule has 0 bridgehead atoms. The van der Waals surface area contributed by atoms with Crippen LogP contribution in [-0.4, -0.2) is 23.8 Å². The number of hydrogen-bond donors (Lipinski definition) is 0. The average molecular weight is 307 g/mol. The zero-order valence-corrected chi connectivity index (χ0v) is 13.7. The molecule has 1 unspecified atom stereocenters. The van der Waals surface area contributed by atoms with E-state index in [1.54, 1.807) is 0 Å². The number of likely N-dealkylation sites (tertiary alicyclic amines) is 1. The van der Waals surface area contributed by atoms with Crippen LogP contribution >= 0.6 is 0 Å². The van der Waals surface area contributed by atoms with Crippen LogP contribution in [0.4, 0.5) is 0 Å². The van der Waals surface area contributed by atoms with Crippen LogP contribution < -0.4 is 0 Å². The van der Waals surface area contributed by atoms with Crippen LogP contribution in [0.5, 0.6) is 0 Å². The molecule has 0 spiro atoms. The van der Waals surface area contributed by atoms with Crippen molar-refractivity contribution >= 4 is 5.78 Å². The Morgan fingerprint density at radius 3 is 2.39 bits per heavy atom. The third-order valence-electron chi connectivity index (χ3n) is 4.74. The molecule has 2 nitrogen and oxygen atoms in total. The molecule has 0 aliphatic carbocycles. The fraction of sp³-hybridized carbons (Fsp3) is 0.381. The van der Waals surface area contributed by atoms with E-state index in [0.717, 1.165) is 25.1 Å². The lowest BCUT2D eigenvalue weighted by atomic mass is 9.95. The van der Waals surface area contributed by atoms with Gasteiger partial charge in [0.15, 0.2) is 5.78 Å². The van der Waals surface area contributed by atoms with E-state index < -0.39 is 0 Å². The lowest BCUT2D eigenvalue weighted by Crippen LogP contribution is -2.34. The smallest absolute Gasteiger partial charge is 0.162 e. The van der Waals surface area contributed by atoms with Crippen LogP contribution in [0.15, 0.2) is 60.7 Å². The predicted octanol–water partition coefficient (Wildman–Crippen LogP) is 4.88. The van der Waals surface area contributed by atoms with Gasteiger partial charge in [0.05, 0.1) is 0 Å². The standard InChI is InChI=1S/C21H25NO/c23-21(19-12-5-2-6-13-19)15-9-17-22-16-8-7-14-20(22)18-10-3-1-4-11-18/h1-6,10-13,20H,7-9,14-17H2. The summed E-state index contributed by atoms with van der Waals surface area (Å²) in [6.07, 6.45) is 5.39. The van der Waals surface area contributed by atoms with Gasteiger partial charge in [-0.2, -0.15) is 0 Å². The van der Waals surface area contributed by atoms with Crippen molar-refractivity contribution in [3.63, 3.8) is 0 Å². The molecule has 1 heterocycles. The number of benzene rings is 2. The number of ketones is 1. The van der Waals surface area contributed by atoms with Crippen LogP contribution in [0.1, 0.15) is 54.1 Å². The van der Waals surface area contributed by atoms with Gasteiger partial charge in [-0.1, -0.05) is 67.1 Å². The van der Waals surface area contributed by atoms with Crippen molar-refractivity contribution in [3.05, 3.63) is 71.8 Å². The van der Waals surface area contributed by atoms with E-state index in [4.69, 9.17) is 0 Å². The van der Waals surface area contributed by atoms with Gasteiger partial charge in [-0.25, -0.2) is 0 Å². The Hall–Kier alpha value is -1.93. The van der Waals surface area contributed by atoms with E-state index in [1.165, 1.54) is 24.8 Å². The predicted molar refractivity (Wildman–Crippen MR) is 94.6 cm³/mol. The molecule has 1 aliphatic rings. The highest BCUT2D eigenvalue weighted by molar-refractivity contribution is 5.95. The van der Waals surface area contributed by atoms with Crippen molar-refractivity contribution < 1.29 is 4.79 Å². The Labute approximate surface area is 139 Å². The van der Waals surface area contributed by atoms with Crippen LogP contribution in [-0.2, 0) is 0 Å². The first-order chi connectivity index (χ1) is 11.3. The number of Topliss-reactive ketones (excluding diaryl/α,β-unsaturated/α-hetero) is 1. The summed E-state index contributed by atoms with van der Waals surface area (Å²) in [5.74, 6) is 0.263. The Bertz CT molecular complexity index is 608. The molecular weight excluding hydrogens is 282 g/mol. The first-order valence-electron chi connectivity index (χ1n) is 8.72. The zero-order chi connectivity index (χ0) is 15.9. The van der Waals surface area contributed by atoms with Gasteiger partial charge in [-0.15, -0.1) is 0 Å². The van der Waals surface area contributed by atoms with Crippen LogP contribution in [0, 0.1) is 0 Å². The Balaban J connectivity index is 1.55. The second-order valence-electron chi connectivity index (χ2n) is 6.35. The first-order valence-corrected chi connectivity index (χ1v) is 8.72. The summed E-state index contributed by atoms with van der Waals surface area (Å²) < 4.78 is 0. The molecule has 2 aromatic carbocycles. The molecule has 1 fully saturated rings. The molecule has 0 aromatic heterocycles. The van der Waals surface area contributed by atoms with Crippen molar-refractivity contribution in [2.75, 3.05) is 13.1 Å². The Kier molecular flexibility index (Phi) is 5.60.